The minimum atomic E-state index is 1.000. The first-order valence-corrected chi connectivity index (χ1v) is 5.57. The molecule has 0 fully saturated rings. The summed E-state index contributed by atoms with van der Waals surface area (Å²) in [6.07, 6.45) is 1.21. The predicted octanol–water partition coefficient (Wildman–Crippen LogP) is 2.62. The van der Waals surface area contributed by atoms with Gasteiger partial charge in [-0.2, -0.15) is 0 Å². The van der Waals surface area contributed by atoms with Gasteiger partial charge < -0.3 is 9.88 Å². The van der Waals surface area contributed by atoms with Crippen molar-refractivity contribution in [2.75, 3.05) is 6.54 Å². The Morgan fingerprint density at radius 1 is 1.29 bits per heavy atom. The lowest BCUT2D eigenvalue weighted by atomic mass is 10.2. The lowest BCUT2D eigenvalue weighted by Gasteiger charge is -2.08. The second kappa shape index (κ2) is 5.20. The normalized spacial score (nSPS) is 10.9. The van der Waals surface area contributed by atoms with Crippen molar-refractivity contribution in [1.82, 2.24) is 9.88 Å². The Labute approximate surface area is 87.3 Å². The molecule has 0 unspecified atom stereocenters. The van der Waals surface area contributed by atoms with Crippen LogP contribution in [0.5, 0.6) is 0 Å². The topological polar surface area (TPSA) is 17.0 Å². The number of aromatic nitrogens is 1. The van der Waals surface area contributed by atoms with Crippen LogP contribution in [0.3, 0.4) is 0 Å². The Morgan fingerprint density at radius 3 is 2.57 bits per heavy atom. The Kier molecular flexibility index (Phi) is 4.21. The minimum absolute atomic E-state index is 1.000. The first kappa shape index (κ1) is 11.3. The lowest BCUT2D eigenvalue weighted by Crippen LogP contribution is -2.12. The van der Waals surface area contributed by atoms with E-state index in [0.29, 0.717) is 0 Å². The van der Waals surface area contributed by atoms with Gasteiger partial charge in [-0.3, -0.25) is 0 Å². The first-order chi connectivity index (χ1) is 6.70. The average Bonchev–Trinajstić information content (AvgIpc) is 2.43. The number of rotatable bonds is 5. The van der Waals surface area contributed by atoms with Gasteiger partial charge in [0.25, 0.3) is 0 Å². The minimum Gasteiger partial charge on any atom is -0.349 e. The molecule has 2 heteroatoms. The van der Waals surface area contributed by atoms with Crippen molar-refractivity contribution >= 4 is 0 Å². The van der Waals surface area contributed by atoms with Gasteiger partial charge in [0.2, 0.25) is 0 Å². The summed E-state index contributed by atoms with van der Waals surface area (Å²) in [7, 11) is 0. The fourth-order valence-electron chi connectivity index (χ4n) is 1.88. The van der Waals surface area contributed by atoms with Gasteiger partial charge in [-0.05, 0) is 38.4 Å². The van der Waals surface area contributed by atoms with Gasteiger partial charge in [-0.1, -0.05) is 13.8 Å². The summed E-state index contributed by atoms with van der Waals surface area (Å²) in [4.78, 5) is 0. The van der Waals surface area contributed by atoms with E-state index < -0.39 is 0 Å². The monoisotopic (exact) mass is 194 g/mol. The SMILES string of the molecule is CCCn1c(C)cc(CNCC)c1C. The van der Waals surface area contributed by atoms with E-state index in [0.717, 1.165) is 19.6 Å². The zero-order chi connectivity index (χ0) is 10.6. The third-order valence-electron chi connectivity index (χ3n) is 2.69. The van der Waals surface area contributed by atoms with Crippen LogP contribution in [-0.2, 0) is 13.1 Å². The third-order valence-corrected chi connectivity index (χ3v) is 2.69. The highest BCUT2D eigenvalue weighted by atomic mass is 15.0. The zero-order valence-electron chi connectivity index (χ0n) is 9.85. The summed E-state index contributed by atoms with van der Waals surface area (Å²) in [5.74, 6) is 0. The predicted molar refractivity (Wildman–Crippen MR) is 61.6 cm³/mol. The number of hydrogen-bond acceptors (Lipinski definition) is 1. The van der Waals surface area contributed by atoms with Crippen LogP contribution in [0.25, 0.3) is 0 Å². The molecule has 1 rings (SSSR count). The molecule has 1 N–H and O–H groups in total. The lowest BCUT2D eigenvalue weighted by molar-refractivity contribution is 0.641. The summed E-state index contributed by atoms with van der Waals surface area (Å²) < 4.78 is 2.41. The fraction of sp³-hybridized carbons (Fsp3) is 0.667. The molecule has 1 heterocycles. The molecule has 0 spiro atoms. The van der Waals surface area contributed by atoms with Crippen molar-refractivity contribution in [2.45, 2.75) is 47.2 Å². The highest BCUT2D eigenvalue weighted by Gasteiger charge is 2.06. The molecule has 1 aromatic heterocycles. The molecule has 0 aliphatic heterocycles. The molecule has 14 heavy (non-hydrogen) atoms. The van der Waals surface area contributed by atoms with Crippen molar-refractivity contribution in [1.29, 1.82) is 0 Å². The van der Waals surface area contributed by atoms with Crippen LogP contribution in [0, 0.1) is 13.8 Å². The van der Waals surface area contributed by atoms with E-state index in [4.69, 9.17) is 0 Å². The molecular weight excluding hydrogens is 172 g/mol. The Balaban J connectivity index is 2.81. The van der Waals surface area contributed by atoms with Crippen LogP contribution in [0.15, 0.2) is 6.07 Å². The molecule has 0 amide bonds. The van der Waals surface area contributed by atoms with E-state index in [1.165, 1.54) is 23.4 Å². The molecule has 0 aliphatic rings. The second-order valence-corrected chi connectivity index (χ2v) is 3.83. The van der Waals surface area contributed by atoms with Crippen molar-refractivity contribution in [3.05, 3.63) is 23.0 Å². The number of nitrogens with one attached hydrogen (secondary N) is 1. The van der Waals surface area contributed by atoms with Gasteiger partial charge in [0.1, 0.15) is 0 Å². The maximum absolute atomic E-state index is 3.37. The van der Waals surface area contributed by atoms with E-state index >= 15 is 0 Å². The van der Waals surface area contributed by atoms with Gasteiger partial charge in [0, 0.05) is 24.5 Å². The van der Waals surface area contributed by atoms with E-state index in [2.05, 4.69) is 43.6 Å². The number of nitrogens with zero attached hydrogens (tertiary/aromatic N) is 1. The maximum atomic E-state index is 3.37. The van der Waals surface area contributed by atoms with E-state index in [1.807, 2.05) is 0 Å². The van der Waals surface area contributed by atoms with Gasteiger partial charge in [-0.15, -0.1) is 0 Å². The van der Waals surface area contributed by atoms with E-state index in [-0.39, 0.29) is 0 Å². The quantitative estimate of drug-likeness (QED) is 0.762. The molecule has 0 radical (unpaired) electrons. The Morgan fingerprint density at radius 2 is 2.00 bits per heavy atom. The summed E-state index contributed by atoms with van der Waals surface area (Å²) in [5, 5.41) is 3.37. The summed E-state index contributed by atoms with van der Waals surface area (Å²) >= 11 is 0. The zero-order valence-corrected chi connectivity index (χ0v) is 9.85. The Hall–Kier alpha value is -0.760. The fourth-order valence-corrected chi connectivity index (χ4v) is 1.88. The first-order valence-electron chi connectivity index (χ1n) is 5.57. The molecule has 0 aromatic carbocycles. The maximum Gasteiger partial charge on any atom is 0.0223 e. The van der Waals surface area contributed by atoms with Crippen LogP contribution in [0.4, 0.5) is 0 Å². The van der Waals surface area contributed by atoms with E-state index in [9.17, 15) is 0 Å². The molecule has 0 atom stereocenters. The highest BCUT2D eigenvalue weighted by Crippen LogP contribution is 2.15. The summed E-state index contributed by atoms with van der Waals surface area (Å²) in [5.41, 5.74) is 4.25. The second-order valence-electron chi connectivity index (χ2n) is 3.83. The molecular formula is C12H22N2. The van der Waals surface area contributed by atoms with Crippen molar-refractivity contribution in [2.24, 2.45) is 0 Å². The summed E-state index contributed by atoms with van der Waals surface area (Å²) in [6.45, 7) is 12.0. The largest absolute Gasteiger partial charge is 0.349 e. The molecule has 2 nitrogen and oxygen atoms in total. The van der Waals surface area contributed by atoms with Crippen molar-refractivity contribution in [3.63, 3.8) is 0 Å². The van der Waals surface area contributed by atoms with Crippen LogP contribution >= 0.6 is 0 Å². The van der Waals surface area contributed by atoms with Gasteiger partial charge in [0.15, 0.2) is 0 Å². The number of hydrogen-bond donors (Lipinski definition) is 1. The van der Waals surface area contributed by atoms with Crippen LogP contribution in [0.2, 0.25) is 0 Å². The average molecular weight is 194 g/mol. The standard InChI is InChI=1S/C12H22N2/c1-5-7-14-10(3)8-12(11(14)4)9-13-6-2/h8,13H,5-7,9H2,1-4H3. The molecule has 1 aromatic rings. The molecule has 0 saturated carbocycles. The van der Waals surface area contributed by atoms with Gasteiger partial charge >= 0.3 is 0 Å². The Bertz CT molecular complexity index is 287. The van der Waals surface area contributed by atoms with Crippen molar-refractivity contribution in [3.8, 4) is 0 Å². The third kappa shape index (κ3) is 2.38. The van der Waals surface area contributed by atoms with Crippen LogP contribution in [0.1, 0.15) is 37.2 Å². The molecule has 0 bridgehead atoms. The van der Waals surface area contributed by atoms with Crippen LogP contribution < -0.4 is 5.32 Å². The smallest absolute Gasteiger partial charge is 0.0223 e. The molecule has 0 saturated heterocycles. The summed E-state index contributed by atoms with van der Waals surface area (Å²) in [6, 6.07) is 2.30. The number of aryl methyl sites for hydroxylation is 1. The van der Waals surface area contributed by atoms with E-state index in [1.54, 1.807) is 0 Å². The molecule has 80 valence electrons. The molecule has 0 aliphatic carbocycles. The van der Waals surface area contributed by atoms with Crippen molar-refractivity contribution < 1.29 is 0 Å². The highest BCUT2D eigenvalue weighted by molar-refractivity contribution is 5.26. The van der Waals surface area contributed by atoms with Gasteiger partial charge in [0.05, 0.1) is 0 Å². The van der Waals surface area contributed by atoms with Crippen LogP contribution in [-0.4, -0.2) is 11.1 Å². The van der Waals surface area contributed by atoms with Gasteiger partial charge in [-0.25, -0.2) is 0 Å².